The number of benzene rings is 2. The maximum Gasteiger partial charge on any atom is 0.291 e. The number of carbonyl (C=O) groups excluding carboxylic acids is 1. The molecule has 1 amide bonds. The summed E-state index contributed by atoms with van der Waals surface area (Å²) in [6.45, 7) is 1.40. The number of nitrogens with zero attached hydrogens (tertiary/aromatic N) is 2. The monoisotopic (exact) mass is 380 g/mol. The van der Waals surface area contributed by atoms with Gasteiger partial charge in [0.25, 0.3) is 5.56 Å². The number of carbonyl (C=O) groups is 1. The van der Waals surface area contributed by atoms with Crippen molar-refractivity contribution in [2.45, 2.75) is 19.4 Å². The second-order valence-electron chi connectivity index (χ2n) is 7.04. The maximum atomic E-state index is 13.3. The van der Waals surface area contributed by atoms with Gasteiger partial charge in [0.15, 0.2) is 5.82 Å². The summed E-state index contributed by atoms with van der Waals surface area (Å²) >= 11 is 0. The molecule has 0 radical (unpaired) electrons. The van der Waals surface area contributed by atoms with Crippen molar-refractivity contribution in [3.63, 3.8) is 0 Å². The number of anilines is 1. The van der Waals surface area contributed by atoms with Gasteiger partial charge in [0.05, 0.1) is 17.0 Å². The van der Waals surface area contributed by atoms with Gasteiger partial charge in [-0.1, -0.05) is 24.3 Å². The van der Waals surface area contributed by atoms with Gasteiger partial charge in [-0.25, -0.2) is 9.37 Å². The summed E-state index contributed by atoms with van der Waals surface area (Å²) in [6, 6.07) is 13.6. The third-order valence-corrected chi connectivity index (χ3v) is 5.03. The van der Waals surface area contributed by atoms with Gasteiger partial charge in [-0.2, -0.15) is 0 Å². The molecule has 1 saturated heterocycles. The van der Waals surface area contributed by atoms with Crippen molar-refractivity contribution < 1.29 is 9.18 Å². The lowest BCUT2D eigenvalue weighted by Crippen LogP contribution is -2.44. The first-order valence-corrected chi connectivity index (χ1v) is 9.36. The number of amides is 1. The zero-order chi connectivity index (χ0) is 19.5. The molecule has 7 heteroatoms. The van der Waals surface area contributed by atoms with E-state index in [-0.39, 0.29) is 29.7 Å². The third-order valence-electron chi connectivity index (χ3n) is 5.03. The van der Waals surface area contributed by atoms with Crippen LogP contribution in [0.3, 0.4) is 0 Å². The van der Waals surface area contributed by atoms with E-state index in [2.05, 4.69) is 15.3 Å². The van der Waals surface area contributed by atoms with Gasteiger partial charge in [0.2, 0.25) is 5.91 Å². The van der Waals surface area contributed by atoms with Crippen LogP contribution in [0, 0.1) is 11.7 Å². The molecule has 1 unspecified atom stereocenters. The second kappa shape index (κ2) is 7.80. The van der Waals surface area contributed by atoms with Crippen molar-refractivity contribution in [2.75, 3.05) is 18.0 Å². The lowest BCUT2D eigenvalue weighted by Gasteiger charge is -2.32. The molecule has 0 saturated carbocycles. The number of nitrogens with one attached hydrogen (secondary N) is 2. The van der Waals surface area contributed by atoms with Gasteiger partial charge in [-0.05, 0) is 42.7 Å². The van der Waals surface area contributed by atoms with Gasteiger partial charge in [-0.3, -0.25) is 9.59 Å². The van der Waals surface area contributed by atoms with Crippen LogP contribution in [0.25, 0.3) is 11.0 Å². The van der Waals surface area contributed by atoms with E-state index in [0.717, 1.165) is 18.4 Å². The van der Waals surface area contributed by atoms with Crippen LogP contribution in [-0.2, 0) is 11.3 Å². The predicted octanol–water partition coefficient (Wildman–Crippen LogP) is 2.60. The summed E-state index contributed by atoms with van der Waals surface area (Å²) in [5.41, 5.74) is 1.88. The van der Waals surface area contributed by atoms with Crippen LogP contribution in [0.5, 0.6) is 0 Å². The van der Waals surface area contributed by atoms with Crippen LogP contribution in [0.4, 0.5) is 10.2 Å². The number of aromatic nitrogens is 2. The van der Waals surface area contributed by atoms with Gasteiger partial charge in [-0.15, -0.1) is 0 Å². The Labute approximate surface area is 161 Å². The van der Waals surface area contributed by atoms with Crippen LogP contribution in [0.1, 0.15) is 18.4 Å². The number of halogens is 1. The van der Waals surface area contributed by atoms with E-state index < -0.39 is 0 Å². The second-order valence-corrected chi connectivity index (χ2v) is 7.04. The van der Waals surface area contributed by atoms with E-state index in [1.807, 2.05) is 29.2 Å². The number of para-hydroxylation sites is 2. The fourth-order valence-corrected chi connectivity index (χ4v) is 3.60. The molecule has 2 aromatic carbocycles. The minimum absolute atomic E-state index is 0.0915. The quantitative estimate of drug-likeness (QED) is 0.729. The largest absolute Gasteiger partial charge is 0.352 e. The average Bonchev–Trinajstić information content (AvgIpc) is 2.71. The topological polar surface area (TPSA) is 78.1 Å². The molecule has 1 aromatic heterocycles. The molecule has 1 aliphatic rings. The Hall–Kier alpha value is -3.22. The normalized spacial score (nSPS) is 16.9. The highest BCUT2D eigenvalue weighted by Gasteiger charge is 2.27. The summed E-state index contributed by atoms with van der Waals surface area (Å²) in [7, 11) is 0. The van der Waals surface area contributed by atoms with E-state index in [9.17, 15) is 14.0 Å². The molecule has 3 aromatic rings. The fraction of sp³-hybridized carbons (Fsp3) is 0.286. The third kappa shape index (κ3) is 3.88. The number of hydrogen-bond donors (Lipinski definition) is 2. The number of rotatable bonds is 4. The van der Waals surface area contributed by atoms with Crippen molar-refractivity contribution in [3.05, 3.63) is 70.3 Å². The highest BCUT2D eigenvalue weighted by Crippen LogP contribution is 2.21. The minimum atomic E-state index is -0.322. The Morgan fingerprint density at radius 1 is 1.25 bits per heavy atom. The Kier molecular flexibility index (Phi) is 5.06. The van der Waals surface area contributed by atoms with Crippen molar-refractivity contribution in [1.82, 2.24) is 15.3 Å². The molecule has 28 heavy (non-hydrogen) atoms. The van der Waals surface area contributed by atoms with E-state index in [1.165, 1.54) is 12.1 Å². The molecule has 6 nitrogen and oxygen atoms in total. The number of aromatic amines is 1. The lowest BCUT2D eigenvalue weighted by atomic mass is 9.97. The van der Waals surface area contributed by atoms with E-state index >= 15 is 0 Å². The standard InChI is InChI=1S/C21H21FN4O2/c22-16-7-3-5-14(11-16)12-23-20(27)15-6-4-10-26(13-15)19-21(28)25-18-9-2-1-8-17(18)24-19/h1-3,5,7-9,11,15H,4,6,10,12-13H2,(H,23,27)(H,25,28). The summed E-state index contributed by atoms with van der Waals surface area (Å²) in [6.07, 6.45) is 1.54. The van der Waals surface area contributed by atoms with Gasteiger partial charge in [0, 0.05) is 19.6 Å². The first-order chi connectivity index (χ1) is 13.6. The van der Waals surface area contributed by atoms with Gasteiger partial charge >= 0.3 is 0 Å². The molecule has 2 heterocycles. The number of fused-ring (bicyclic) bond motifs is 1. The highest BCUT2D eigenvalue weighted by molar-refractivity contribution is 5.80. The van der Waals surface area contributed by atoms with Gasteiger partial charge in [0.1, 0.15) is 5.82 Å². The van der Waals surface area contributed by atoms with E-state index in [0.29, 0.717) is 30.0 Å². The highest BCUT2D eigenvalue weighted by atomic mass is 19.1. The summed E-state index contributed by atoms with van der Waals surface area (Å²) in [5, 5.41) is 2.87. The zero-order valence-electron chi connectivity index (χ0n) is 15.3. The zero-order valence-corrected chi connectivity index (χ0v) is 15.3. The predicted molar refractivity (Wildman–Crippen MR) is 106 cm³/mol. The molecule has 0 bridgehead atoms. The lowest BCUT2D eigenvalue weighted by molar-refractivity contribution is -0.125. The molecule has 144 valence electrons. The smallest absolute Gasteiger partial charge is 0.291 e. The summed E-state index contributed by atoms with van der Waals surface area (Å²) in [4.78, 5) is 34.3. The van der Waals surface area contributed by atoms with Crippen molar-refractivity contribution in [3.8, 4) is 0 Å². The van der Waals surface area contributed by atoms with Crippen molar-refractivity contribution >= 4 is 22.8 Å². The Balaban J connectivity index is 1.46. The fourth-order valence-electron chi connectivity index (χ4n) is 3.60. The van der Waals surface area contributed by atoms with Crippen LogP contribution in [0.15, 0.2) is 53.3 Å². The SMILES string of the molecule is O=C(NCc1cccc(F)c1)C1CCCN(c2nc3ccccc3[nH]c2=O)C1. The summed E-state index contributed by atoms with van der Waals surface area (Å²) < 4.78 is 13.3. The van der Waals surface area contributed by atoms with E-state index in [1.54, 1.807) is 12.1 Å². The van der Waals surface area contributed by atoms with Gasteiger partial charge < -0.3 is 15.2 Å². The first kappa shape index (κ1) is 18.2. The first-order valence-electron chi connectivity index (χ1n) is 9.36. The molecule has 1 aliphatic heterocycles. The molecule has 1 atom stereocenters. The van der Waals surface area contributed by atoms with Crippen LogP contribution in [0.2, 0.25) is 0 Å². The van der Waals surface area contributed by atoms with Crippen LogP contribution >= 0.6 is 0 Å². The minimum Gasteiger partial charge on any atom is -0.352 e. The molecular formula is C21H21FN4O2. The van der Waals surface area contributed by atoms with Crippen LogP contribution < -0.4 is 15.8 Å². The Morgan fingerprint density at radius 3 is 2.96 bits per heavy atom. The van der Waals surface area contributed by atoms with Crippen molar-refractivity contribution in [1.29, 1.82) is 0 Å². The molecule has 2 N–H and O–H groups in total. The Morgan fingerprint density at radius 2 is 2.11 bits per heavy atom. The molecule has 4 rings (SSSR count). The van der Waals surface area contributed by atoms with Crippen molar-refractivity contribution in [2.24, 2.45) is 5.92 Å². The van der Waals surface area contributed by atoms with Crippen LogP contribution in [-0.4, -0.2) is 29.0 Å². The number of H-pyrrole nitrogens is 1. The molecule has 0 aliphatic carbocycles. The number of hydrogen-bond acceptors (Lipinski definition) is 4. The maximum absolute atomic E-state index is 13.3. The van der Waals surface area contributed by atoms with E-state index in [4.69, 9.17) is 0 Å². The Bertz CT molecular complexity index is 1070. The number of piperidine rings is 1. The molecular weight excluding hydrogens is 359 g/mol. The summed E-state index contributed by atoms with van der Waals surface area (Å²) in [5.74, 6) is -0.306. The average molecular weight is 380 g/mol. The molecule has 1 fully saturated rings. The molecule has 0 spiro atoms.